The molecule has 0 aliphatic rings. The molecule has 2 aromatic rings. The molecule has 0 saturated heterocycles. The van der Waals surface area contributed by atoms with Gasteiger partial charge in [0.05, 0.1) is 11.6 Å². The molecule has 0 saturated carbocycles. The van der Waals surface area contributed by atoms with E-state index in [1.165, 1.54) is 0 Å². The average molecular weight is 359 g/mol. The van der Waals surface area contributed by atoms with Gasteiger partial charge in [-0.2, -0.15) is 5.26 Å². The Morgan fingerprint density at radius 2 is 1.95 bits per heavy atom. The zero-order chi connectivity index (χ0) is 16.1. The summed E-state index contributed by atoms with van der Waals surface area (Å²) in [6.07, 6.45) is 0. The highest BCUT2D eigenvalue weighted by Crippen LogP contribution is 2.26. The number of nitriles is 1. The van der Waals surface area contributed by atoms with E-state index in [1.807, 2.05) is 32.0 Å². The van der Waals surface area contributed by atoms with Crippen LogP contribution in [0.1, 0.15) is 16.7 Å². The maximum Gasteiger partial charge on any atom is 0.262 e. The summed E-state index contributed by atoms with van der Waals surface area (Å²) in [5.74, 6) is 0.382. The number of nitrogens with zero attached hydrogens (tertiary/aromatic N) is 1. The fourth-order valence-corrected chi connectivity index (χ4v) is 2.23. The number of anilines is 1. The highest BCUT2D eigenvalue weighted by atomic mass is 79.9. The number of benzene rings is 2. The molecule has 1 N–H and O–H groups in total. The molecular formula is C17H15BrN2O2. The Labute approximate surface area is 137 Å². The van der Waals surface area contributed by atoms with E-state index in [2.05, 4.69) is 21.2 Å². The molecule has 112 valence electrons. The Bertz CT molecular complexity index is 728. The molecule has 0 atom stereocenters. The zero-order valence-corrected chi connectivity index (χ0v) is 13.9. The fraction of sp³-hybridized carbons (Fsp3) is 0.176. The molecule has 0 aliphatic heterocycles. The van der Waals surface area contributed by atoms with Crippen LogP contribution in [-0.2, 0) is 4.79 Å². The van der Waals surface area contributed by atoms with Crippen molar-refractivity contribution in [2.75, 3.05) is 11.9 Å². The topological polar surface area (TPSA) is 62.1 Å². The minimum atomic E-state index is -0.270. The lowest BCUT2D eigenvalue weighted by Gasteiger charge is -2.10. The van der Waals surface area contributed by atoms with Crippen LogP contribution < -0.4 is 10.1 Å². The third-order valence-corrected chi connectivity index (χ3v) is 4.31. The summed E-state index contributed by atoms with van der Waals surface area (Å²) in [6, 6.07) is 12.5. The van der Waals surface area contributed by atoms with Crippen LogP contribution >= 0.6 is 15.9 Å². The van der Waals surface area contributed by atoms with E-state index < -0.39 is 0 Å². The lowest BCUT2D eigenvalue weighted by atomic mass is 10.1. The van der Waals surface area contributed by atoms with Crippen molar-refractivity contribution in [2.45, 2.75) is 13.8 Å². The van der Waals surface area contributed by atoms with Crippen LogP contribution in [0.15, 0.2) is 40.9 Å². The molecule has 1 amide bonds. The van der Waals surface area contributed by atoms with Gasteiger partial charge in [-0.3, -0.25) is 4.79 Å². The van der Waals surface area contributed by atoms with Crippen LogP contribution in [0.5, 0.6) is 5.75 Å². The standard InChI is InChI=1S/C17H15BrN2O2/c1-11-6-15(7-12(2)17(11)18)22-10-16(21)20-14-5-3-4-13(8-14)9-19/h3-8H,10H2,1-2H3,(H,20,21). The number of hydrogen-bond donors (Lipinski definition) is 1. The van der Waals surface area contributed by atoms with Gasteiger partial charge in [-0.1, -0.05) is 22.0 Å². The smallest absolute Gasteiger partial charge is 0.262 e. The SMILES string of the molecule is Cc1cc(OCC(=O)Nc2cccc(C#N)c2)cc(C)c1Br. The first-order valence-electron chi connectivity index (χ1n) is 6.69. The summed E-state index contributed by atoms with van der Waals surface area (Å²) in [4.78, 5) is 11.9. The largest absolute Gasteiger partial charge is 0.484 e. The first kappa shape index (κ1) is 16.1. The van der Waals surface area contributed by atoms with E-state index in [0.29, 0.717) is 17.0 Å². The summed E-state index contributed by atoms with van der Waals surface area (Å²) >= 11 is 3.49. The molecular weight excluding hydrogens is 344 g/mol. The maximum absolute atomic E-state index is 11.9. The number of hydrogen-bond acceptors (Lipinski definition) is 3. The van der Waals surface area contributed by atoms with Crippen molar-refractivity contribution in [3.63, 3.8) is 0 Å². The molecule has 0 fully saturated rings. The van der Waals surface area contributed by atoms with Crippen molar-refractivity contribution >= 4 is 27.5 Å². The fourth-order valence-electron chi connectivity index (χ4n) is 2.00. The maximum atomic E-state index is 11.9. The summed E-state index contributed by atoms with van der Waals surface area (Å²) in [5.41, 5.74) is 3.18. The second-order valence-electron chi connectivity index (χ2n) is 4.90. The van der Waals surface area contributed by atoms with Gasteiger partial charge in [0, 0.05) is 10.2 Å². The third-order valence-electron chi connectivity index (χ3n) is 3.06. The molecule has 22 heavy (non-hydrogen) atoms. The van der Waals surface area contributed by atoms with Crippen LogP contribution in [0.3, 0.4) is 0 Å². The number of halogens is 1. The summed E-state index contributed by atoms with van der Waals surface area (Å²) in [6.45, 7) is 3.85. The number of ether oxygens (including phenoxy) is 1. The minimum Gasteiger partial charge on any atom is -0.484 e. The van der Waals surface area contributed by atoms with E-state index in [0.717, 1.165) is 15.6 Å². The second-order valence-corrected chi connectivity index (χ2v) is 5.69. The molecule has 0 bridgehead atoms. The second kappa shape index (κ2) is 7.10. The Hall–Kier alpha value is -2.32. The van der Waals surface area contributed by atoms with Crippen LogP contribution in [0.25, 0.3) is 0 Å². The predicted molar refractivity (Wildman–Crippen MR) is 88.9 cm³/mol. The average Bonchev–Trinajstić information content (AvgIpc) is 2.50. The molecule has 0 heterocycles. The highest BCUT2D eigenvalue weighted by molar-refractivity contribution is 9.10. The van der Waals surface area contributed by atoms with Gasteiger partial charge in [-0.05, 0) is 55.3 Å². The molecule has 0 spiro atoms. The van der Waals surface area contributed by atoms with Crippen molar-refractivity contribution < 1.29 is 9.53 Å². The van der Waals surface area contributed by atoms with Crippen molar-refractivity contribution in [2.24, 2.45) is 0 Å². The van der Waals surface area contributed by atoms with Gasteiger partial charge in [-0.15, -0.1) is 0 Å². The van der Waals surface area contributed by atoms with E-state index in [-0.39, 0.29) is 12.5 Å². The Morgan fingerprint density at radius 1 is 1.27 bits per heavy atom. The summed E-state index contributed by atoms with van der Waals surface area (Å²) in [5, 5.41) is 11.5. The molecule has 2 rings (SSSR count). The molecule has 5 heteroatoms. The molecule has 0 aromatic heterocycles. The van der Waals surface area contributed by atoms with Crippen LogP contribution in [0.2, 0.25) is 0 Å². The predicted octanol–water partition coefficient (Wildman–Crippen LogP) is 3.96. The van der Waals surface area contributed by atoms with Gasteiger partial charge < -0.3 is 10.1 Å². The zero-order valence-electron chi connectivity index (χ0n) is 12.3. The summed E-state index contributed by atoms with van der Waals surface area (Å²) < 4.78 is 6.55. The first-order valence-corrected chi connectivity index (χ1v) is 7.48. The van der Waals surface area contributed by atoms with Crippen molar-refractivity contribution in [3.8, 4) is 11.8 Å². The number of carbonyl (C=O) groups excluding carboxylic acids is 1. The monoisotopic (exact) mass is 358 g/mol. The van der Waals surface area contributed by atoms with Gasteiger partial charge in [0.2, 0.25) is 0 Å². The molecule has 0 unspecified atom stereocenters. The Kier molecular flexibility index (Phi) is 5.18. The quantitative estimate of drug-likeness (QED) is 0.899. The number of aryl methyl sites for hydroxylation is 2. The van der Waals surface area contributed by atoms with Crippen LogP contribution in [0, 0.1) is 25.2 Å². The van der Waals surface area contributed by atoms with Crippen molar-refractivity contribution in [1.82, 2.24) is 0 Å². The normalized spacial score (nSPS) is 9.91. The summed E-state index contributed by atoms with van der Waals surface area (Å²) in [7, 11) is 0. The first-order chi connectivity index (χ1) is 10.5. The van der Waals surface area contributed by atoms with Crippen molar-refractivity contribution in [1.29, 1.82) is 5.26 Å². The van der Waals surface area contributed by atoms with E-state index >= 15 is 0 Å². The molecule has 0 aliphatic carbocycles. The van der Waals surface area contributed by atoms with E-state index in [9.17, 15) is 4.79 Å². The van der Waals surface area contributed by atoms with Crippen LogP contribution in [0.4, 0.5) is 5.69 Å². The number of nitrogens with one attached hydrogen (secondary N) is 1. The van der Waals surface area contributed by atoms with E-state index in [4.69, 9.17) is 10.00 Å². The Morgan fingerprint density at radius 3 is 2.59 bits per heavy atom. The molecule has 0 radical (unpaired) electrons. The number of amides is 1. The molecule has 4 nitrogen and oxygen atoms in total. The highest BCUT2D eigenvalue weighted by Gasteiger charge is 2.07. The lowest BCUT2D eigenvalue weighted by Crippen LogP contribution is -2.20. The van der Waals surface area contributed by atoms with Crippen molar-refractivity contribution in [3.05, 3.63) is 57.6 Å². The van der Waals surface area contributed by atoms with E-state index in [1.54, 1.807) is 24.3 Å². The Balaban J connectivity index is 1.97. The van der Waals surface area contributed by atoms with Gasteiger partial charge in [0.15, 0.2) is 6.61 Å². The number of rotatable bonds is 4. The van der Waals surface area contributed by atoms with Crippen LogP contribution in [-0.4, -0.2) is 12.5 Å². The van der Waals surface area contributed by atoms with Gasteiger partial charge >= 0.3 is 0 Å². The number of carbonyl (C=O) groups is 1. The van der Waals surface area contributed by atoms with Gasteiger partial charge in [0.1, 0.15) is 5.75 Å². The van der Waals surface area contributed by atoms with Gasteiger partial charge in [0.25, 0.3) is 5.91 Å². The third kappa shape index (κ3) is 4.09. The van der Waals surface area contributed by atoms with Gasteiger partial charge in [-0.25, -0.2) is 0 Å². The minimum absolute atomic E-state index is 0.0860. The lowest BCUT2D eigenvalue weighted by molar-refractivity contribution is -0.118. The molecule has 2 aromatic carbocycles.